The van der Waals surface area contributed by atoms with E-state index in [1.165, 1.54) is 45.2 Å². The Balaban J connectivity index is 1.20. The van der Waals surface area contributed by atoms with Crippen LogP contribution < -0.4 is 15.4 Å². The third kappa shape index (κ3) is 6.71. The number of pyridine rings is 1. The van der Waals surface area contributed by atoms with Crippen LogP contribution in [-0.4, -0.2) is 67.4 Å². The van der Waals surface area contributed by atoms with E-state index in [1.54, 1.807) is 10.9 Å². The van der Waals surface area contributed by atoms with E-state index in [-0.39, 0.29) is 5.91 Å². The molecule has 45 heavy (non-hydrogen) atoms. The summed E-state index contributed by atoms with van der Waals surface area (Å²) < 4.78 is 10.3. The number of fused-ring (bicyclic) bond motifs is 7. The lowest BCUT2D eigenvalue weighted by atomic mass is 9.97. The zero-order valence-corrected chi connectivity index (χ0v) is 26.9. The quantitative estimate of drug-likeness (QED) is 0.265. The van der Waals surface area contributed by atoms with Crippen molar-refractivity contribution in [3.8, 4) is 17.1 Å². The number of aromatic nitrogens is 5. The van der Waals surface area contributed by atoms with Crippen LogP contribution in [0.3, 0.4) is 0 Å². The number of carbonyl (C=O) groups excluding carboxylic acids is 1. The summed E-state index contributed by atoms with van der Waals surface area (Å²) in [7, 11) is 1.88. The Kier molecular flexibility index (Phi) is 8.49. The number of nitrogens with zero attached hydrogens (tertiary/aromatic N) is 6. The summed E-state index contributed by atoms with van der Waals surface area (Å²) >= 11 is 0. The van der Waals surface area contributed by atoms with Gasteiger partial charge in [0.2, 0.25) is 11.8 Å². The highest BCUT2D eigenvalue weighted by Crippen LogP contribution is 2.41. The lowest BCUT2D eigenvalue weighted by Gasteiger charge is -2.28. The maximum Gasteiger partial charge on any atom is 0.258 e. The molecule has 2 N–H and O–H groups in total. The summed E-state index contributed by atoms with van der Waals surface area (Å²) in [5, 5.41) is 11.4. The van der Waals surface area contributed by atoms with Gasteiger partial charge in [-0.15, -0.1) is 0 Å². The number of rotatable bonds is 6. The van der Waals surface area contributed by atoms with Gasteiger partial charge in [-0.25, -0.2) is 9.67 Å². The third-order valence-electron chi connectivity index (χ3n) is 9.75. The molecule has 2 bridgehead atoms. The van der Waals surface area contributed by atoms with Gasteiger partial charge in [0.15, 0.2) is 0 Å². The monoisotopic (exact) mass is 610 g/mol. The van der Waals surface area contributed by atoms with E-state index in [1.807, 2.05) is 26.1 Å². The molecule has 238 valence electrons. The van der Waals surface area contributed by atoms with Crippen LogP contribution in [-0.2, 0) is 13.6 Å². The molecule has 2 atom stereocenters. The van der Waals surface area contributed by atoms with Crippen molar-refractivity contribution in [1.29, 1.82) is 0 Å². The zero-order valence-electron chi connectivity index (χ0n) is 26.9. The summed E-state index contributed by atoms with van der Waals surface area (Å²) in [6.45, 7) is 9.18. The van der Waals surface area contributed by atoms with Crippen LogP contribution >= 0.6 is 0 Å². The molecular formula is C35H46N8O2. The summed E-state index contributed by atoms with van der Waals surface area (Å²) in [5.41, 5.74) is 5.79. The number of amides is 1. The van der Waals surface area contributed by atoms with Crippen LogP contribution in [0.2, 0.25) is 0 Å². The number of piperidine rings is 1. The van der Waals surface area contributed by atoms with Gasteiger partial charge in [0.25, 0.3) is 5.91 Å². The second-order valence-corrected chi connectivity index (χ2v) is 13.4. The van der Waals surface area contributed by atoms with Crippen LogP contribution in [0.1, 0.15) is 74.3 Å². The average molecular weight is 611 g/mol. The lowest BCUT2D eigenvalue weighted by molar-refractivity contribution is 0.102. The summed E-state index contributed by atoms with van der Waals surface area (Å²) in [5.74, 6) is 2.24. The minimum atomic E-state index is -0.202. The van der Waals surface area contributed by atoms with E-state index in [2.05, 4.69) is 50.3 Å². The van der Waals surface area contributed by atoms with Gasteiger partial charge >= 0.3 is 0 Å². The van der Waals surface area contributed by atoms with Gasteiger partial charge in [0.05, 0.1) is 35.1 Å². The number of aryl methyl sites for hydroxylation is 2. The van der Waals surface area contributed by atoms with Crippen molar-refractivity contribution in [3.05, 3.63) is 47.8 Å². The minimum absolute atomic E-state index is 0.202. The van der Waals surface area contributed by atoms with Gasteiger partial charge in [0.1, 0.15) is 0 Å². The molecular weight excluding hydrogens is 564 g/mol. The first-order valence-corrected chi connectivity index (χ1v) is 16.9. The molecule has 1 saturated heterocycles. The maximum absolute atomic E-state index is 13.8. The fraction of sp³-hybridized carbons (Fsp3) is 0.543. The van der Waals surface area contributed by atoms with Crippen LogP contribution in [0.15, 0.2) is 36.5 Å². The molecule has 1 amide bonds. The molecule has 10 heteroatoms. The smallest absolute Gasteiger partial charge is 0.258 e. The Morgan fingerprint density at radius 1 is 1.04 bits per heavy atom. The van der Waals surface area contributed by atoms with Crippen LogP contribution in [0, 0.1) is 18.8 Å². The Bertz CT molecular complexity index is 1670. The van der Waals surface area contributed by atoms with E-state index in [4.69, 9.17) is 14.7 Å². The first-order valence-electron chi connectivity index (χ1n) is 16.9. The zero-order chi connectivity index (χ0) is 30.9. The highest BCUT2D eigenvalue weighted by atomic mass is 16.5. The topological polar surface area (TPSA) is 102 Å². The number of likely N-dealkylation sites (tertiary alicyclic amines) is 1. The van der Waals surface area contributed by atoms with Gasteiger partial charge in [-0.05, 0) is 114 Å². The predicted octanol–water partition coefficient (Wildman–Crippen LogP) is 6.27. The molecule has 1 aliphatic carbocycles. The van der Waals surface area contributed by atoms with E-state index in [0.717, 1.165) is 60.3 Å². The predicted molar refractivity (Wildman–Crippen MR) is 178 cm³/mol. The first-order chi connectivity index (χ1) is 21.9. The van der Waals surface area contributed by atoms with Crippen molar-refractivity contribution in [2.45, 2.75) is 77.8 Å². The Labute approximate surface area is 265 Å². The number of benzene rings is 1. The van der Waals surface area contributed by atoms with Crippen molar-refractivity contribution in [2.75, 3.05) is 36.9 Å². The van der Waals surface area contributed by atoms with E-state index in [0.29, 0.717) is 47.6 Å². The third-order valence-corrected chi connectivity index (χ3v) is 9.75. The average Bonchev–Trinajstić information content (AvgIpc) is 3.74. The maximum atomic E-state index is 13.8. The second-order valence-electron chi connectivity index (χ2n) is 13.4. The molecule has 0 radical (unpaired) electrons. The highest BCUT2D eigenvalue weighted by Gasteiger charge is 2.32. The Hall–Kier alpha value is -3.92. The van der Waals surface area contributed by atoms with Gasteiger partial charge in [-0.3, -0.25) is 15.1 Å². The molecule has 7 rings (SSSR count). The second kappa shape index (κ2) is 12.8. The number of ether oxygens (including phenoxy) is 1. The standard InChI is InChI=1S/C35H46N8O2/c1-23(13-16-42-14-5-4-6-15-42)37-28-11-12-30-32(20-28)43-22-26(25-9-10-25)8-7-17-45-34-29(21-36-41(34)3)31-19-27(18-24(2)38-31)33(44)40-35(43)39-30/h11-12,18-21,23,25-26,37H,4-10,13-17,22H2,1-3H3,(H,39,40,44)/t23-,26+/m0/s1. The minimum Gasteiger partial charge on any atom is -0.477 e. The normalized spacial score (nSPS) is 20.3. The number of imidazole rings is 1. The SMILES string of the molecule is Cc1cc2cc(n1)-c1cnn(C)c1OCCC[C@@H](C1CC1)Cn1c(nc3ccc(N[C@@H](C)CCN4CCCCC4)cc31)NC2=O. The molecule has 0 spiro atoms. The van der Waals surface area contributed by atoms with Crippen molar-refractivity contribution < 1.29 is 9.53 Å². The van der Waals surface area contributed by atoms with Crippen molar-refractivity contribution in [2.24, 2.45) is 18.9 Å². The van der Waals surface area contributed by atoms with Crippen molar-refractivity contribution >= 4 is 28.6 Å². The molecule has 1 aromatic carbocycles. The van der Waals surface area contributed by atoms with Crippen LogP contribution in [0.25, 0.3) is 22.3 Å². The lowest BCUT2D eigenvalue weighted by Crippen LogP contribution is -2.33. The fourth-order valence-electron chi connectivity index (χ4n) is 7.09. The van der Waals surface area contributed by atoms with Crippen molar-refractivity contribution in [3.63, 3.8) is 0 Å². The van der Waals surface area contributed by atoms with E-state index < -0.39 is 0 Å². The van der Waals surface area contributed by atoms with E-state index >= 15 is 0 Å². The van der Waals surface area contributed by atoms with Gasteiger partial charge in [-0.2, -0.15) is 5.10 Å². The molecule has 5 heterocycles. The number of nitrogens with one attached hydrogen (secondary N) is 2. The van der Waals surface area contributed by atoms with Gasteiger partial charge < -0.3 is 19.5 Å². The molecule has 0 unspecified atom stereocenters. The van der Waals surface area contributed by atoms with E-state index in [9.17, 15) is 4.79 Å². The molecule has 4 aromatic rings. The molecule has 2 fully saturated rings. The molecule has 10 nitrogen and oxygen atoms in total. The Morgan fingerprint density at radius 2 is 1.89 bits per heavy atom. The summed E-state index contributed by atoms with van der Waals surface area (Å²) in [6, 6.07) is 10.4. The van der Waals surface area contributed by atoms with Crippen LogP contribution in [0.4, 0.5) is 11.6 Å². The van der Waals surface area contributed by atoms with Crippen molar-refractivity contribution in [1.82, 2.24) is 29.2 Å². The van der Waals surface area contributed by atoms with Gasteiger partial charge in [-0.1, -0.05) is 6.42 Å². The Morgan fingerprint density at radius 3 is 2.71 bits per heavy atom. The fourth-order valence-corrected chi connectivity index (χ4v) is 7.09. The molecule has 3 aliphatic rings. The number of anilines is 2. The highest BCUT2D eigenvalue weighted by molar-refractivity contribution is 6.05. The molecule has 1 saturated carbocycles. The van der Waals surface area contributed by atoms with Gasteiger partial charge in [0, 0.05) is 43.1 Å². The largest absolute Gasteiger partial charge is 0.477 e. The summed E-state index contributed by atoms with van der Waals surface area (Å²) in [4.78, 5) is 26.1. The first kappa shape index (κ1) is 29.8. The number of hydrogen-bond acceptors (Lipinski definition) is 7. The number of carbonyl (C=O) groups is 1. The summed E-state index contributed by atoms with van der Waals surface area (Å²) in [6.07, 6.45) is 11.4. The molecule has 2 aliphatic heterocycles. The number of hydrogen-bond donors (Lipinski definition) is 2. The van der Waals surface area contributed by atoms with Crippen LogP contribution in [0.5, 0.6) is 5.88 Å². The molecule has 3 aromatic heterocycles.